The molecule has 19 heavy (non-hydrogen) atoms. The summed E-state index contributed by atoms with van der Waals surface area (Å²) in [7, 11) is 0. The largest absolute Gasteiger partial charge is 0.394 e. The first-order valence-corrected chi connectivity index (χ1v) is 8.17. The van der Waals surface area contributed by atoms with Crippen molar-refractivity contribution in [3.05, 3.63) is 11.0 Å². The highest BCUT2D eigenvalue weighted by Gasteiger charge is 2.37. The molecule has 0 atom stereocenters. The van der Waals surface area contributed by atoms with Gasteiger partial charge in [0.1, 0.15) is 5.82 Å². The fourth-order valence-corrected chi connectivity index (χ4v) is 3.53. The molecule has 1 fully saturated rings. The zero-order chi connectivity index (χ0) is 13.9. The summed E-state index contributed by atoms with van der Waals surface area (Å²) in [5, 5.41) is 13.1. The number of halogens is 1. The third kappa shape index (κ3) is 2.98. The van der Waals surface area contributed by atoms with Gasteiger partial charge in [0.05, 0.1) is 22.7 Å². The number of thioether (sulfide) groups is 1. The minimum Gasteiger partial charge on any atom is -0.394 e. The van der Waals surface area contributed by atoms with Crippen LogP contribution in [0.25, 0.3) is 0 Å². The number of aliphatic hydroxyl groups is 1. The third-order valence-electron chi connectivity index (χ3n) is 3.49. The molecule has 0 amide bonds. The van der Waals surface area contributed by atoms with Gasteiger partial charge in [-0.15, -0.1) is 11.8 Å². The van der Waals surface area contributed by atoms with Crippen LogP contribution < -0.4 is 5.32 Å². The van der Waals surface area contributed by atoms with Gasteiger partial charge in [0.2, 0.25) is 5.28 Å². The molecule has 1 aliphatic heterocycles. The molecule has 1 aromatic heterocycles. The maximum Gasteiger partial charge on any atom is 0.224 e. The Morgan fingerprint density at radius 2 is 2.11 bits per heavy atom. The van der Waals surface area contributed by atoms with Crippen LogP contribution in [0.5, 0.6) is 0 Å². The van der Waals surface area contributed by atoms with E-state index in [0.29, 0.717) is 5.28 Å². The van der Waals surface area contributed by atoms with Crippen molar-refractivity contribution in [3.63, 3.8) is 0 Å². The Bertz CT molecular complexity index is 446. The Hall–Kier alpha value is -0.520. The van der Waals surface area contributed by atoms with Crippen LogP contribution in [0.15, 0.2) is 4.90 Å². The second-order valence-corrected chi connectivity index (χ2v) is 6.08. The number of aromatic nitrogens is 2. The first-order valence-electron chi connectivity index (χ1n) is 6.81. The van der Waals surface area contributed by atoms with E-state index >= 15 is 0 Å². The summed E-state index contributed by atoms with van der Waals surface area (Å²) >= 11 is 7.69. The number of fused-ring (bicyclic) bond motifs is 1. The van der Waals surface area contributed by atoms with Crippen molar-refractivity contribution < 1.29 is 5.11 Å². The van der Waals surface area contributed by atoms with Crippen LogP contribution in [0, 0.1) is 0 Å². The lowest BCUT2D eigenvalue weighted by atomic mass is 9.77. The molecule has 0 radical (unpaired) electrons. The SMILES string of the molecule is CC.OCC1(Nc2nc(Cl)nc3c2SCC3)CCC1. The summed E-state index contributed by atoms with van der Waals surface area (Å²) < 4.78 is 0. The van der Waals surface area contributed by atoms with Gasteiger partial charge in [0.15, 0.2) is 0 Å². The molecule has 2 heterocycles. The van der Waals surface area contributed by atoms with Crippen LogP contribution >= 0.6 is 23.4 Å². The molecule has 0 spiro atoms. The maximum atomic E-state index is 9.47. The molecule has 0 bridgehead atoms. The van der Waals surface area contributed by atoms with Crippen molar-refractivity contribution in [2.45, 2.75) is 50.0 Å². The molecule has 1 aliphatic carbocycles. The molecule has 0 aromatic carbocycles. The molecular formula is C13H20ClN3OS. The molecule has 0 saturated heterocycles. The highest BCUT2D eigenvalue weighted by atomic mass is 35.5. The van der Waals surface area contributed by atoms with E-state index < -0.39 is 0 Å². The van der Waals surface area contributed by atoms with E-state index in [4.69, 9.17) is 11.6 Å². The summed E-state index contributed by atoms with van der Waals surface area (Å²) in [6, 6.07) is 0. The van der Waals surface area contributed by atoms with E-state index in [0.717, 1.165) is 47.8 Å². The molecule has 6 heteroatoms. The molecule has 3 rings (SSSR count). The van der Waals surface area contributed by atoms with E-state index in [1.54, 1.807) is 11.8 Å². The number of hydrogen-bond donors (Lipinski definition) is 2. The standard InChI is InChI=1S/C11H14ClN3OS.C2H6/c12-10-13-7-2-5-17-8(7)9(14-10)15-11(6-16)3-1-4-11;1-2/h16H,1-6H2,(H,13,14,15);1-2H3. The van der Waals surface area contributed by atoms with E-state index in [1.807, 2.05) is 13.8 Å². The van der Waals surface area contributed by atoms with Crippen LogP contribution in [-0.4, -0.2) is 33.0 Å². The molecule has 0 unspecified atom stereocenters. The lowest BCUT2D eigenvalue weighted by Gasteiger charge is -2.41. The van der Waals surface area contributed by atoms with Crippen LogP contribution in [-0.2, 0) is 6.42 Å². The first-order chi connectivity index (χ1) is 9.22. The average Bonchev–Trinajstić information content (AvgIpc) is 2.84. The molecule has 106 valence electrons. The van der Waals surface area contributed by atoms with Gasteiger partial charge in [-0.2, -0.15) is 4.98 Å². The zero-order valence-corrected chi connectivity index (χ0v) is 12.9. The van der Waals surface area contributed by atoms with E-state index in [-0.39, 0.29) is 12.1 Å². The van der Waals surface area contributed by atoms with Crippen molar-refractivity contribution in [3.8, 4) is 0 Å². The van der Waals surface area contributed by atoms with Gasteiger partial charge in [-0.25, -0.2) is 4.98 Å². The molecule has 1 aromatic rings. The number of aryl methyl sites for hydroxylation is 1. The Kier molecular flexibility index (Phi) is 4.92. The van der Waals surface area contributed by atoms with Crippen LogP contribution in [0.1, 0.15) is 38.8 Å². The summed E-state index contributed by atoms with van der Waals surface area (Å²) in [4.78, 5) is 9.62. The quantitative estimate of drug-likeness (QED) is 0.840. The van der Waals surface area contributed by atoms with Crippen molar-refractivity contribution in [1.29, 1.82) is 0 Å². The van der Waals surface area contributed by atoms with Gasteiger partial charge in [0.25, 0.3) is 0 Å². The van der Waals surface area contributed by atoms with Gasteiger partial charge in [-0.05, 0) is 30.9 Å². The van der Waals surface area contributed by atoms with Crippen LogP contribution in [0.3, 0.4) is 0 Å². The zero-order valence-electron chi connectivity index (χ0n) is 11.4. The second kappa shape index (κ2) is 6.29. The van der Waals surface area contributed by atoms with Gasteiger partial charge in [0, 0.05) is 12.2 Å². The Morgan fingerprint density at radius 1 is 1.37 bits per heavy atom. The first kappa shape index (κ1) is 14.9. The minimum atomic E-state index is -0.186. The van der Waals surface area contributed by atoms with Crippen molar-refractivity contribution in [2.75, 3.05) is 17.7 Å². The molecule has 2 N–H and O–H groups in total. The molecular weight excluding hydrogens is 282 g/mol. The molecule has 1 saturated carbocycles. The van der Waals surface area contributed by atoms with Crippen molar-refractivity contribution in [2.24, 2.45) is 0 Å². The summed E-state index contributed by atoms with van der Waals surface area (Å²) in [6.07, 6.45) is 4.08. The van der Waals surface area contributed by atoms with Gasteiger partial charge < -0.3 is 10.4 Å². The Balaban J connectivity index is 0.000000637. The smallest absolute Gasteiger partial charge is 0.224 e. The Labute approximate surface area is 123 Å². The lowest BCUT2D eigenvalue weighted by molar-refractivity contribution is 0.143. The van der Waals surface area contributed by atoms with Gasteiger partial charge in [-0.1, -0.05) is 13.8 Å². The average molecular weight is 302 g/mol. The number of rotatable bonds is 3. The lowest BCUT2D eigenvalue weighted by Crippen LogP contribution is -2.48. The topological polar surface area (TPSA) is 58.0 Å². The van der Waals surface area contributed by atoms with Crippen LogP contribution in [0.2, 0.25) is 5.28 Å². The molecule has 4 nitrogen and oxygen atoms in total. The summed E-state index contributed by atoms with van der Waals surface area (Å²) in [6.45, 7) is 4.15. The van der Waals surface area contributed by atoms with E-state index in [2.05, 4.69) is 15.3 Å². The summed E-state index contributed by atoms with van der Waals surface area (Å²) in [5.74, 6) is 1.83. The second-order valence-electron chi connectivity index (χ2n) is 4.63. The van der Waals surface area contributed by atoms with Crippen molar-refractivity contribution in [1.82, 2.24) is 9.97 Å². The van der Waals surface area contributed by atoms with Crippen molar-refractivity contribution >= 4 is 29.2 Å². The fourth-order valence-electron chi connectivity index (χ4n) is 2.30. The van der Waals surface area contributed by atoms with Crippen LogP contribution in [0.4, 0.5) is 5.82 Å². The number of hydrogen-bond acceptors (Lipinski definition) is 5. The maximum absolute atomic E-state index is 9.47. The monoisotopic (exact) mass is 301 g/mol. The number of anilines is 1. The predicted molar refractivity (Wildman–Crippen MR) is 80.1 cm³/mol. The number of aliphatic hydroxyl groups excluding tert-OH is 1. The Morgan fingerprint density at radius 3 is 2.68 bits per heavy atom. The number of nitrogens with one attached hydrogen (secondary N) is 1. The highest BCUT2D eigenvalue weighted by molar-refractivity contribution is 7.99. The number of nitrogens with zero attached hydrogens (tertiary/aromatic N) is 2. The van der Waals surface area contributed by atoms with E-state index in [1.165, 1.54) is 0 Å². The summed E-state index contributed by atoms with van der Waals surface area (Å²) in [5.41, 5.74) is 0.846. The minimum absolute atomic E-state index is 0.147. The van der Waals surface area contributed by atoms with E-state index in [9.17, 15) is 5.11 Å². The predicted octanol–water partition coefficient (Wildman–Crippen LogP) is 3.13. The van der Waals surface area contributed by atoms with Gasteiger partial charge in [-0.3, -0.25) is 0 Å². The molecule has 2 aliphatic rings. The normalized spacial score (nSPS) is 18.9. The fraction of sp³-hybridized carbons (Fsp3) is 0.692. The third-order valence-corrected chi connectivity index (χ3v) is 4.79. The highest BCUT2D eigenvalue weighted by Crippen LogP contribution is 2.40. The van der Waals surface area contributed by atoms with Gasteiger partial charge >= 0.3 is 0 Å².